The highest BCUT2D eigenvalue weighted by molar-refractivity contribution is 6.28. The number of hydrogen-bond donors (Lipinski definition) is 1. The lowest BCUT2D eigenvalue weighted by Gasteiger charge is -2.29. The number of aliphatic hydroxyl groups excluding tert-OH is 1. The van der Waals surface area contributed by atoms with E-state index >= 15 is 0 Å². The fourth-order valence-corrected chi connectivity index (χ4v) is 4.02. The Morgan fingerprint density at radius 3 is 2.50 bits per heavy atom. The third-order valence-corrected chi connectivity index (χ3v) is 5.23. The number of rotatable bonds is 6. The number of ether oxygens (including phenoxy) is 3. The van der Waals surface area contributed by atoms with E-state index in [2.05, 4.69) is 0 Å². The molecule has 1 aliphatic heterocycles. The second-order valence-corrected chi connectivity index (χ2v) is 7.98. The summed E-state index contributed by atoms with van der Waals surface area (Å²) in [7, 11) is 1.41. The molecule has 0 aromatic heterocycles. The number of carbonyl (C=O) groups is 3. The van der Waals surface area contributed by atoms with Crippen molar-refractivity contribution in [2.24, 2.45) is 5.92 Å². The second kappa shape index (κ2) is 8.07. The van der Waals surface area contributed by atoms with Gasteiger partial charge in [0.2, 0.25) is 11.6 Å². The van der Waals surface area contributed by atoms with Crippen molar-refractivity contribution < 1.29 is 33.7 Å². The Morgan fingerprint density at radius 1 is 1.23 bits per heavy atom. The maximum Gasteiger partial charge on any atom is 0.303 e. The summed E-state index contributed by atoms with van der Waals surface area (Å²) < 4.78 is 17.0. The van der Waals surface area contributed by atoms with Crippen LogP contribution in [0.2, 0.25) is 0 Å². The van der Waals surface area contributed by atoms with Gasteiger partial charge >= 0.3 is 5.97 Å². The zero-order valence-electron chi connectivity index (χ0n) is 17.8. The summed E-state index contributed by atoms with van der Waals surface area (Å²) in [5.74, 6) is -0.991. The molecule has 0 fully saturated rings. The molecule has 1 N–H and O–H groups in total. The Balaban J connectivity index is 2.15. The SMILES string of the molecule is COc1c([C@H](CC(C)C)OC(C)=O)ccc2c1C(=O)[C@]1(O2)C(=O)C=C(C)C=C1CO. The fraction of sp³-hybridized carbons (Fsp3) is 0.435. The van der Waals surface area contributed by atoms with Gasteiger partial charge in [-0.3, -0.25) is 14.4 Å². The zero-order valence-corrected chi connectivity index (χ0v) is 17.8. The first kappa shape index (κ1) is 21.8. The highest BCUT2D eigenvalue weighted by Gasteiger charge is 2.58. The number of fused-ring (bicyclic) bond motifs is 1. The molecule has 0 saturated carbocycles. The molecule has 2 aliphatic rings. The molecule has 1 aromatic rings. The lowest BCUT2D eigenvalue weighted by molar-refractivity contribution is -0.147. The Kier molecular flexibility index (Phi) is 5.85. The topological polar surface area (TPSA) is 99.1 Å². The van der Waals surface area contributed by atoms with Crippen LogP contribution in [-0.2, 0) is 14.3 Å². The van der Waals surface area contributed by atoms with Crippen molar-refractivity contribution in [3.8, 4) is 11.5 Å². The molecule has 0 unspecified atom stereocenters. The number of carbonyl (C=O) groups excluding carboxylic acids is 3. The highest BCUT2D eigenvalue weighted by atomic mass is 16.5. The van der Waals surface area contributed by atoms with E-state index in [4.69, 9.17) is 14.2 Å². The van der Waals surface area contributed by atoms with E-state index < -0.39 is 35.8 Å². The van der Waals surface area contributed by atoms with Crippen molar-refractivity contribution in [3.63, 3.8) is 0 Å². The molecule has 1 aliphatic carbocycles. The smallest absolute Gasteiger partial charge is 0.303 e. The van der Waals surface area contributed by atoms with Gasteiger partial charge in [-0.25, -0.2) is 0 Å². The van der Waals surface area contributed by atoms with Gasteiger partial charge in [0.25, 0.3) is 5.60 Å². The van der Waals surface area contributed by atoms with E-state index in [0.29, 0.717) is 17.6 Å². The quantitative estimate of drug-likeness (QED) is 0.564. The predicted octanol–water partition coefficient (Wildman–Crippen LogP) is 3.11. The molecular weight excluding hydrogens is 388 g/mol. The van der Waals surface area contributed by atoms with Crippen LogP contribution in [0, 0.1) is 5.92 Å². The second-order valence-electron chi connectivity index (χ2n) is 7.98. The minimum absolute atomic E-state index is 0.108. The van der Waals surface area contributed by atoms with Crippen LogP contribution in [-0.4, -0.2) is 42.0 Å². The molecule has 0 saturated heterocycles. The number of methoxy groups -OCH3 is 1. The lowest BCUT2D eigenvalue weighted by atomic mass is 9.79. The first-order valence-corrected chi connectivity index (χ1v) is 9.82. The maximum absolute atomic E-state index is 13.5. The summed E-state index contributed by atoms with van der Waals surface area (Å²) in [6, 6.07) is 3.25. The zero-order chi connectivity index (χ0) is 22.2. The fourth-order valence-electron chi connectivity index (χ4n) is 4.02. The average Bonchev–Trinajstić information content (AvgIpc) is 2.96. The summed E-state index contributed by atoms with van der Waals surface area (Å²) >= 11 is 0. The number of Topliss-reactive ketones (excluding diaryl/α,β-unsaturated/α-hetero) is 1. The van der Waals surface area contributed by atoms with Crippen molar-refractivity contribution >= 4 is 17.5 Å². The first-order valence-electron chi connectivity index (χ1n) is 9.82. The molecule has 1 spiro atoms. The van der Waals surface area contributed by atoms with Gasteiger partial charge < -0.3 is 19.3 Å². The van der Waals surface area contributed by atoms with Crippen LogP contribution in [0.4, 0.5) is 0 Å². The first-order chi connectivity index (χ1) is 14.1. The van der Waals surface area contributed by atoms with Crippen LogP contribution in [0.3, 0.4) is 0 Å². The maximum atomic E-state index is 13.5. The van der Waals surface area contributed by atoms with Crippen LogP contribution in [0.25, 0.3) is 0 Å². The number of aliphatic hydroxyl groups is 1. The number of esters is 1. The van der Waals surface area contributed by atoms with Gasteiger partial charge in [-0.15, -0.1) is 0 Å². The van der Waals surface area contributed by atoms with E-state index in [1.165, 1.54) is 20.1 Å². The molecule has 0 radical (unpaired) electrons. The number of allylic oxidation sites excluding steroid dienone is 2. The van der Waals surface area contributed by atoms with Crippen molar-refractivity contribution in [2.75, 3.05) is 13.7 Å². The van der Waals surface area contributed by atoms with Crippen molar-refractivity contribution in [2.45, 2.75) is 45.8 Å². The largest absolute Gasteiger partial charge is 0.495 e. The third kappa shape index (κ3) is 3.43. The van der Waals surface area contributed by atoms with E-state index in [1.54, 1.807) is 25.1 Å². The van der Waals surface area contributed by atoms with Gasteiger partial charge in [0, 0.05) is 18.1 Å². The van der Waals surface area contributed by atoms with Crippen LogP contribution in [0.1, 0.15) is 56.1 Å². The lowest BCUT2D eigenvalue weighted by Crippen LogP contribution is -2.51. The molecule has 30 heavy (non-hydrogen) atoms. The molecule has 0 bridgehead atoms. The highest BCUT2D eigenvalue weighted by Crippen LogP contribution is 2.48. The number of hydrogen-bond acceptors (Lipinski definition) is 7. The van der Waals surface area contributed by atoms with E-state index in [9.17, 15) is 19.5 Å². The summed E-state index contributed by atoms with van der Waals surface area (Å²) in [5.41, 5.74) is -0.495. The number of ketones is 2. The Morgan fingerprint density at radius 2 is 1.93 bits per heavy atom. The molecule has 7 heteroatoms. The molecule has 2 atom stereocenters. The molecule has 160 valence electrons. The normalized spacial score (nSPS) is 21.2. The Bertz CT molecular complexity index is 970. The van der Waals surface area contributed by atoms with Gasteiger partial charge in [0.15, 0.2) is 0 Å². The van der Waals surface area contributed by atoms with Gasteiger partial charge in [0.05, 0.1) is 13.7 Å². The van der Waals surface area contributed by atoms with Gasteiger partial charge in [-0.05, 0) is 43.0 Å². The van der Waals surface area contributed by atoms with E-state index in [-0.39, 0.29) is 28.6 Å². The number of benzene rings is 1. The van der Waals surface area contributed by atoms with E-state index in [0.717, 1.165) is 0 Å². The predicted molar refractivity (Wildman–Crippen MR) is 109 cm³/mol. The van der Waals surface area contributed by atoms with Crippen LogP contribution in [0.5, 0.6) is 11.5 Å². The van der Waals surface area contributed by atoms with Gasteiger partial charge in [0.1, 0.15) is 23.2 Å². The minimum atomic E-state index is -1.93. The summed E-state index contributed by atoms with van der Waals surface area (Å²) in [6.45, 7) is 6.52. The molecule has 7 nitrogen and oxygen atoms in total. The van der Waals surface area contributed by atoms with Crippen LogP contribution >= 0.6 is 0 Å². The molecular formula is C23H26O7. The minimum Gasteiger partial charge on any atom is -0.495 e. The summed E-state index contributed by atoms with van der Waals surface area (Å²) in [4.78, 5) is 38.1. The van der Waals surface area contributed by atoms with Crippen LogP contribution in [0.15, 0.2) is 35.4 Å². The summed E-state index contributed by atoms with van der Waals surface area (Å²) in [5, 5.41) is 9.85. The Labute approximate surface area is 175 Å². The monoisotopic (exact) mass is 414 g/mol. The van der Waals surface area contributed by atoms with Crippen LogP contribution < -0.4 is 9.47 Å². The molecule has 1 aromatic carbocycles. The average molecular weight is 414 g/mol. The van der Waals surface area contributed by atoms with E-state index in [1.807, 2.05) is 13.8 Å². The van der Waals surface area contributed by atoms with Crippen molar-refractivity contribution in [1.29, 1.82) is 0 Å². The van der Waals surface area contributed by atoms with Gasteiger partial charge in [-0.2, -0.15) is 0 Å². The third-order valence-electron chi connectivity index (χ3n) is 5.23. The summed E-state index contributed by atoms with van der Waals surface area (Å²) in [6.07, 6.45) is 2.82. The van der Waals surface area contributed by atoms with Crippen molar-refractivity contribution in [3.05, 3.63) is 46.6 Å². The Hall–Kier alpha value is -2.93. The molecule has 0 amide bonds. The van der Waals surface area contributed by atoms with Crippen molar-refractivity contribution in [1.82, 2.24) is 0 Å². The molecule has 1 heterocycles. The van der Waals surface area contributed by atoms with Gasteiger partial charge in [-0.1, -0.05) is 19.9 Å². The standard InChI is InChI=1S/C23H26O7/c1-12(2)8-18(29-14(4)25)16-6-7-17-20(21(16)28-5)22(27)23(30-17)15(11-24)9-13(3)10-19(23)26/h6-7,9-10,12,18,24H,8,11H2,1-5H3/t18-,23+/m0/s1. The molecule has 3 rings (SSSR count).